The predicted octanol–water partition coefficient (Wildman–Crippen LogP) is 1.81. The smallest absolute Gasteiger partial charge is 0.272 e. The Balaban J connectivity index is 1.42. The van der Waals surface area contributed by atoms with Crippen molar-refractivity contribution in [2.24, 2.45) is 0 Å². The molecule has 31 heavy (non-hydrogen) atoms. The van der Waals surface area contributed by atoms with Gasteiger partial charge in [0, 0.05) is 31.4 Å². The van der Waals surface area contributed by atoms with Gasteiger partial charge in [0.1, 0.15) is 5.82 Å². The number of morpholine rings is 1. The molecule has 2 saturated heterocycles. The molecule has 7 nitrogen and oxygen atoms in total. The predicted molar refractivity (Wildman–Crippen MR) is 114 cm³/mol. The van der Waals surface area contributed by atoms with Gasteiger partial charge in [-0.15, -0.1) is 0 Å². The fraction of sp³-hybridized carbons (Fsp3) is 0.348. The van der Waals surface area contributed by atoms with Gasteiger partial charge in [-0.05, 0) is 30.8 Å². The van der Waals surface area contributed by atoms with Crippen LogP contribution >= 0.6 is 0 Å². The summed E-state index contributed by atoms with van der Waals surface area (Å²) in [5.74, 6) is -0.873. The van der Waals surface area contributed by atoms with E-state index in [9.17, 15) is 14.0 Å². The molecule has 1 amide bonds. The molecule has 2 aromatic carbocycles. The lowest BCUT2D eigenvalue weighted by molar-refractivity contribution is -0.0368. The number of carbonyl (C=O) groups excluding carboxylic acids is 1. The summed E-state index contributed by atoms with van der Waals surface area (Å²) in [5.41, 5.74) is 1.21. The van der Waals surface area contributed by atoms with Crippen LogP contribution in [0, 0.1) is 5.82 Å². The van der Waals surface area contributed by atoms with Gasteiger partial charge in [-0.2, -0.15) is 5.10 Å². The van der Waals surface area contributed by atoms with Crippen molar-refractivity contribution >= 4 is 16.7 Å². The topological polar surface area (TPSA) is 78.5 Å². The van der Waals surface area contributed by atoms with Crippen LogP contribution in [0.5, 0.6) is 0 Å². The number of nitrogens with one attached hydrogen (secondary N) is 1. The zero-order valence-corrected chi connectivity index (χ0v) is 17.2. The number of aromatic nitrogens is 2. The number of aromatic amines is 1. The minimum atomic E-state index is -0.544. The maximum absolute atomic E-state index is 14.6. The molecule has 0 radical (unpaired) electrons. The van der Waals surface area contributed by atoms with E-state index in [-0.39, 0.29) is 29.2 Å². The van der Waals surface area contributed by atoms with E-state index >= 15 is 0 Å². The Morgan fingerprint density at radius 2 is 2.03 bits per heavy atom. The van der Waals surface area contributed by atoms with Gasteiger partial charge in [-0.25, -0.2) is 9.49 Å². The molecule has 1 N–H and O–H groups in total. The van der Waals surface area contributed by atoms with E-state index in [0.717, 1.165) is 17.5 Å². The van der Waals surface area contributed by atoms with E-state index in [0.29, 0.717) is 37.2 Å². The Morgan fingerprint density at radius 3 is 2.84 bits per heavy atom. The van der Waals surface area contributed by atoms with E-state index in [1.54, 1.807) is 29.2 Å². The number of hydrogen-bond acceptors (Lipinski definition) is 5. The Morgan fingerprint density at radius 1 is 1.23 bits per heavy atom. The third-order valence-electron chi connectivity index (χ3n) is 6.27. The molecule has 3 heterocycles. The molecule has 5 rings (SSSR count). The van der Waals surface area contributed by atoms with Crippen molar-refractivity contribution in [3.8, 4) is 0 Å². The number of carbonyl (C=O) groups is 1. The maximum atomic E-state index is 14.6. The highest BCUT2D eigenvalue weighted by Crippen LogP contribution is 2.25. The van der Waals surface area contributed by atoms with Gasteiger partial charge in [0.15, 0.2) is 0 Å². The number of halogens is 1. The van der Waals surface area contributed by atoms with Gasteiger partial charge >= 0.3 is 0 Å². The summed E-state index contributed by atoms with van der Waals surface area (Å²) in [5, 5.41) is 7.99. The number of fused-ring (bicyclic) bond motifs is 2. The molecule has 2 fully saturated rings. The van der Waals surface area contributed by atoms with Gasteiger partial charge in [-0.1, -0.05) is 24.3 Å². The van der Waals surface area contributed by atoms with Crippen LogP contribution < -0.4 is 5.56 Å². The molecule has 2 aliphatic heterocycles. The summed E-state index contributed by atoms with van der Waals surface area (Å²) >= 11 is 0. The molecular weight excluding hydrogens is 399 g/mol. The molecular formula is C23H23FN4O3. The van der Waals surface area contributed by atoms with Crippen molar-refractivity contribution in [1.29, 1.82) is 0 Å². The van der Waals surface area contributed by atoms with E-state index in [1.807, 2.05) is 19.2 Å². The number of amides is 1. The van der Waals surface area contributed by atoms with Crippen molar-refractivity contribution in [2.45, 2.75) is 18.6 Å². The number of likely N-dealkylation sites (N-methyl/N-ethyl adjacent to an activating group) is 1. The number of rotatable bonds is 3. The first-order chi connectivity index (χ1) is 15.0. The molecule has 8 heteroatoms. The zero-order chi connectivity index (χ0) is 21.5. The average molecular weight is 422 g/mol. The number of H-pyrrole nitrogens is 1. The van der Waals surface area contributed by atoms with E-state index in [4.69, 9.17) is 4.74 Å². The lowest BCUT2D eigenvalue weighted by atomic mass is 10.0. The minimum Gasteiger partial charge on any atom is -0.373 e. The third kappa shape index (κ3) is 3.62. The molecule has 1 aromatic heterocycles. The van der Waals surface area contributed by atoms with Gasteiger partial charge in [0.05, 0.1) is 35.4 Å². The maximum Gasteiger partial charge on any atom is 0.272 e. The normalized spacial score (nSPS) is 21.4. The Bertz CT molecular complexity index is 1210. The van der Waals surface area contributed by atoms with Crippen molar-refractivity contribution in [2.75, 3.05) is 33.3 Å². The van der Waals surface area contributed by atoms with Gasteiger partial charge in [-0.3, -0.25) is 14.5 Å². The number of hydrogen-bond donors (Lipinski definition) is 1. The lowest BCUT2D eigenvalue weighted by Crippen LogP contribution is -2.48. The highest BCUT2D eigenvalue weighted by molar-refractivity contribution is 5.95. The second-order valence-electron chi connectivity index (χ2n) is 8.20. The number of nitrogens with zero attached hydrogens (tertiary/aromatic N) is 3. The monoisotopic (exact) mass is 422 g/mol. The first-order valence-corrected chi connectivity index (χ1v) is 10.4. The molecule has 0 unspecified atom stereocenters. The van der Waals surface area contributed by atoms with Gasteiger partial charge in [0.2, 0.25) is 0 Å². The van der Waals surface area contributed by atoms with Crippen LogP contribution in [0.4, 0.5) is 4.39 Å². The Hall–Kier alpha value is -3.10. The van der Waals surface area contributed by atoms with Crippen LogP contribution in [-0.4, -0.2) is 71.3 Å². The number of benzene rings is 2. The second-order valence-corrected chi connectivity index (χ2v) is 8.20. The van der Waals surface area contributed by atoms with E-state index in [1.165, 1.54) is 6.07 Å². The summed E-state index contributed by atoms with van der Waals surface area (Å²) in [6, 6.07) is 11.9. The fourth-order valence-electron chi connectivity index (χ4n) is 4.54. The summed E-state index contributed by atoms with van der Waals surface area (Å²) in [6.45, 7) is 2.45. The number of ether oxygens (including phenoxy) is 1. The van der Waals surface area contributed by atoms with Gasteiger partial charge < -0.3 is 9.64 Å². The van der Waals surface area contributed by atoms with Crippen molar-refractivity contribution in [1.82, 2.24) is 20.0 Å². The standard InChI is InChI=1S/C23H23FN4O3/c1-27-8-9-31-21-13-28(12-20(21)27)23(30)17-10-14(6-7-18(17)24)11-19-15-4-2-3-5-16(15)22(29)26-25-19/h2-7,10,20-21H,8-9,11-13H2,1H3,(H,26,29)/t20-,21+/m1/s1. The molecule has 0 saturated carbocycles. The summed E-state index contributed by atoms with van der Waals surface area (Å²) < 4.78 is 20.4. The first kappa shape index (κ1) is 19.8. The third-order valence-corrected chi connectivity index (χ3v) is 6.27. The summed E-state index contributed by atoms with van der Waals surface area (Å²) in [7, 11) is 2.02. The largest absolute Gasteiger partial charge is 0.373 e. The molecule has 2 aliphatic rings. The van der Waals surface area contributed by atoms with Crippen LogP contribution in [0.3, 0.4) is 0 Å². The van der Waals surface area contributed by atoms with Crippen LogP contribution in [-0.2, 0) is 11.2 Å². The second kappa shape index (κ2) is 7.86. The SMILES string of the molecule is CN1CCO[C@H]2CN(C(=O)c3cc(Cc4n[nH]c(=O)c5ccccc45)ccc3F)C[C@H]21. The molecule has 3 aromatic rings. The highest BCUT2D eigenvalue weighted by atomic mass is 19.1. The lowest BCUT2D eigenvalue weighted by Gasteiger charge is -2.33. The highest BCUT2D eigenvalue weighted by Gasteiger charge is 2.41. The van der Waals surface area contributed by atoms with Crippen molar-refractivity contribution in [3.63, 3.8) is 0 Å². The quantitative estimate of drug-likeness (QED) is 0.697. The molecule has 0 aliphatic carbocycles. The Kier molecular flexibility index (Phi) is 5.03. The molecule has 160 valence electrons. The summed E-state index contributed by atoms with van der Waals surface area (Å²) in [6.07, 6.45) is 0.334. The van der Waals surface area contributed by atoms with Crippen LogP contribution in [0.2, 0.25) is 0 Å². The Labute approximate surface area is 178 Å². The van der Waals surface area contributed by atoms with E-state index < -0.39 is 5.82 Å². The van der Waals surface area contributed by atoms with Crippen molar-refractivity contribution in [3.05, 3.63) is 75.5 Å². The van der Waals surface area contributed by atoms with Crippen LogP contribution in [0.25, 0.3) is 10.8 Å². The zero-order valence-electron chi connectivity index (χ0n) is 17.2. The fourth-order valence-corrected chi connectivity index (χ4v) is 4.54. The van der Waals surface area contributed by atoms with E-state index in [2.05, 4.69) is 15.1 Å². The first-order valence-electron chi connectivity index (χ1n) is 10.4. The average Bonchev–Trinajstić information content (AvgIpc) is 3.22. The minimum absolute atomic E-state index is 0.0364. The molecule has 0 bridgehead atoms. The van der Waals surface area contributed by atoms with Crippen LogP contribution in [0.15, 0.2) is 47.3 Å². The van der Waals surface area contributed by atoms with Crippen molar-refractivity contribution < 1.29 is 13.9 Å². The number of likely N-dealkylation sites (tertiary alicyclic amines) is 1. The van der Waals surface area contributed by atoms with Crippen LogP contribution in [0.1, 0.15) is 21.6 Å². The van der Waals surface area contributed by atoms with Gasteiger partial charge in [0.25, 0.3) is 11.5 Å². The summed E-state index contributed by atoms with van der Waals surface area (Å²) in [4.78, 5) is 29.0. The molecule has 2 atom stereocenters. The molecule has 0 spiro atoms.